The molecule has 2 heterocycles. The Morgan fingerprint density at radius 2 is 1.90 bits per heavy atom. The van der Waals surface area contributed by atoms with Crippen LogP contribution >= 0.6 is 0 Å². The average Bonchev–Trinajstić information content (AvgIpc) is 3.08. The summed E-state index contributed by atoms with van der Waals surface area (Å²) in [4.78, 5) is 16.7. The van der Waals surface area contributed by atoms with E-state index in [0.717, 1.165) is 12.8 Å². The zero-order valence-corrected chi connectivity index (χ0v) is 15.5. The van der Waals surface area contributed by atoms with Gasteiger partial charge in [-0.1, -0.05) is 18.2 Å². The van der Waals surface area contributed by atoms with Gasteiger partial charge in [0.15, 0.2) is 5.69 Å². The third-order valence-electron chi connectivity index (χ3n) is 5.03. The molecule has 0 saturated carbocycles. The van der Waals surface area contributed by atoms with E-state index in [0.29, 0.717) is 40.9 Å². The largest absolute Gasteiger partial charge is 0.435 e. The molecule has 2 aromatic heterocycles. The van der Waals surface area contributed by atoms with E-state index >= 15 is 0 Å². The van der Waals surface area contributed by atoms with E-state index in [2.05, 4.69) is 15.4 Å². The van der Waals surface area contributed by atoms with E-state index < -0.39 is 11.9 Å². The van der Waals surface area contributed by atoms with Gasteiger partial charge in [0.05, 0.1) is 18.4 Å². The second kappa shape index (κ2) is 7.69. The second-order valence-corrected chi connectivity index (χ2v) is 6.99. The number of fused-ring (bicyclic) bond motifs is 1. The molecule has 0 unspecified atom stereocenters. The van der Waals surface area contributed by atoms with Gasteiger partial charge < -0.3 is 5.32 Å². The predicted molar refractivity (Wildman–Crippen MR) is 102 cm³/mol. The van der Waals surface area contributed by atoms with Gasteiger partial charge in [0, 0.05) is 23.0 Å². The van der Waals surface area contributed by atoms with Gasteiger partial charge in [-0.3, -0.25) is 14.5 Å². The van der Waals surface area contributed by atoms with Gasteiger partial charge in [0.25, 0.3) is 5.91 Å². The van der Waals surface area contributed by atoms with Gasteiger partial charge in [-0.15, -0.1) is 0 Å². The fourth-order valence-corrected chi connectivity index (χ4v) is 3.71. The smallest absolute Gasteiger partial charge is 0.321 e. The van der Waals surface area contributed by atoms with Crippen molar-refractivity contribution in [2.24, 2.45) is 0 Å². The molecule has 1 N–H and O–H groups in total. The Morgan fingerprint density at radius 3 is 2.66 bits per heavy atom. The number of hydrogen-bond donors (Lipinski definition) is 1. The molecular formula is C21H19F3N4O. The number of nitrogens with one attached hydrogen (secondary N) is 1. The summed E-state index contributed by atoms with van der Waals surface area (Å²) in [5.74, 6) is -0.342. The molecule has 150 valence electrons. The van der Waals surface area contributed by atoms with Crippen molar-refractivity contribution in [2.75, 3.05) is 5.32 Å². The van der Waals surface area contributed by atoms with Crippen LogP contribution in [0.4, 0.5) is 18.9 Å². The zero-order chi connectivity index (χ0) is 20.4. The van der Waals surface area contributed by atoms with Crippen LogP contribution in [0.25, 0.3) is 0 Å². The number of rotatable bonds is 4. The van der Waals surface area contributed by atoms with E-state index in [1.807, 2.05) is 0 Å². The third kappa shape index (κ3) is 4.01. The van der Waals surface area contributed by atoms with E-state index in [-0.39, 0.29) is 12.5 Å². The summed E-state index contributed by atoms with van der Waals surface area (Å²) in [7, 11) is 0. The number of benzene rings is 1. The highest BCUT2D eigenvalue weighted by Gasteiger charge is 2.39. The summed E-state index contributed by atoms with van der Waals surface area (Å²) >= 11 is 0. The summed E-state index contributed by atoms with van der Waals surface area (Å²) in [6.07, 6.45) is 1.15. The number of amides is 1. The summed E-state index contributed by atoms with van der Waals surface area (Å²) in [5.41, 5.74) is 1.66. The first-order valence-corrected chi connectivity index (χ1v) is 9.38. The number of alkyl halides is 3. The number of nitrogens with zero attached hydrogens (tertiary/aromatic N) is 3. The van der Waals surface area contributed by atoms with Crippen molar-refractivity contribution < 1.29 is 18.0 Å². The maximum absolute atomic E-state index is 13.4. The van der Waals surface area contributed by atoms with E-state index in [9.17, 15) is 18.0 Å². The first-order valence-electron chi connectivity index (χ1n) is 9.38. The molecule has 1 aliphatic carbocycles. The first kappa shape index (κ1) is 19.2. The number of anilines is 1. The molecule has 3 aromatic rings. The predicted octanol–water partition coefficient (Wildman–Crippen LogP) is 4.48. The molecule has 1 aromatic carbocycles. The van der Waals surface area contributed by atoms with Crippen LogP contribution in [0.15, 0.2) is 48.8 Å². The van der Waals surface area contributed by atoms with Crippen molar-refractivity contribution in [2.45, 2.75) is 38.4 Å². The van der Waals surface area contributed by atoms with Gasteiger partial charge in [-0.05, 0) is 49.4 Å². The maximum atomic E-state index is 13.4. The highest BCUT2D eigenvalue weighted by atomic mass is 19.4. The first-order chi connectivity index (χ1) is 13.9. The molecule has 0 atom stereocenters. The highest BCUT2D eigenvalue weighted by Crippen LogP contribution is 2.36. The minimum absolute atomic E-state index is 0.106. The molecule has 0 fully saturated rings. The lowest BCUT2D eigenvalue weighted by Crippen LogP contribution is -2.17. The number of halogens is 3. The monoisotopic (exact) mass is 400 g/mol. The highest BCUT2D eigenvalue weighted by molar-refractivity contribution is 6.05. The van der Waals surface area contributed by atoms with Crippen LogP contribution in [0.5, 0.6) is 0 Å². The Bertz CT molecular complexity index is 1030. The molecule has 5 nitrogen and oxygen atoms in total. The molecule has 29 heavy (non-hydrogen) atoms. The Kier molecular flexibility index (Phi) is 5.08. The summed E-state index contributed by atoms with van der Waals surface area (Å²) in [6, 6.07) is 10.3. The lowest BCUT2D eigenvalue weighted by atomic mass is 9.95. The minimum Gasteiger partial charge on any atom is -0.321 e. The molecule has 0 saturated heterocycles. The fraction of sp³-hybridized carbons (Fsp3) is 0.286. The van der Waals surface area contributed by atoms with E-state index in [1.54, 1.807) is 42.6 Å². The lowest BCUT2D eigenvalue weighted by molar-refractivity contribution is -0.142. The van der Waals surface area contributed by atoms with Crippen molar-refractivity contribution in [1.82, 2.24) is 14.8 Å². The lowest BCUT2D eigenvalue weighted by Gasteiger charge is -2.16. The van der Waals surface area contributed by atoms with Crippen molar-refractivity contribution in [3.05, 3.63) is 76.9 Å². The van der Waals surface area contributed by atoms with Gasteiger partial charge in [-0.2, -0.15) is 18.3 Å². The molecule has 0 radical (unpaired) electrons. The third-order valence-corrected chi connectivity index (χ3v) is 5.03. The summed E-state index contributed by atoms with van der Waals surface area (Å²) in [5, 5.41) is 6.66. The number of aromatic nitrogens is 3. The Hall–Kier alpha value is -3.16. The van der Waals surface area contributed by atoms with Gasteiger partial charge >= 0.3 is 6.18 Å². The number of carbonyl (C=O) groups is 1. The second-order valence-electron chi connectivity index (χ2n) is 6.99. The van der Waals surface area contributed by atoms with Gasteiger partial charge in [0.2, 0.25) is 0 Å². The molecule has 0 aliphatic heterocycles. The van der Waals surface area contributed by atoms with Crippen LogP contribution < -0.4 is 5.32 Å². The van der Waals surface area contributed by atoms with Crippen LogP contribution in [-0.2, 0) is 25.6 Å². The van der Waals surface area contributed by atoms with Crippen LogP contribution in [0.1, 0.15) is 45.7 Å². The molecule has 1 aliphatic rings. The van der Waals surface area contributed by atoms with Crippen LogP contribution in [0, 0.1) is 0 Å². The normalized spacial score (nSPS) is 13.8. The average molecular weight is 400 g/mol. The zero-order valence-electron chi connectivity index (χ0n) is 15.5. The Morgan fingerprint density at radius 1 is 1.10 bits per heavy atom. The van der Waals surface area contributed by atoms with Gasteiger partial charge in [0.1, 0.15) is 0 Å². The number of carbonyl (C=O) groups excluding carboxylic acids is 1. The summed E-state index contributed by atoms with van der Waals surface area (Å²) < 4.78 is 41.7. The number of hydrogen-bond acceptors (Lipinski definition) is 3. The Balaban J connectivity index is 1.66. The molecule has 8 heteroatoms. The standard InChI is InChI=1S/C21H19F3N4O/c22-21(23,24)19-17-9-3-4-10-18(17)28(27-19)13-14-6-1-2-8-16(14)20(29)26-15-7-5-11-25-12-15/h1-2,5-8,11-12H,3-4,9-10,13H2,(H,26,29). The van der Waals surface area contributed by atoms with Crippen molar-refractivity contribution in [1.29, 1.82) is 0 Å². The Labute approximate surface area is 165 Å². The van der Waals surface area contributed by atoms with Crippen LogP contribution in [-0.4, -0.2) is 20.7 Å². The maximum Gasteiger partial charge on any atom is 0.435 e. The van der Waals surface area contributed by atoms with Crippen molar-refractivity contribution in [3.8, 4) is 0 Å². The topological polar surface area (TPSA) is 59.8 Å². The number of pyridine rings is 1. The van der Waals surface area contributed by atoms with Crippen LogP contribution in [0.2, 0.25) is 0 Å². The molecule has 4 rings (SSSR count). The molecule has 0 spiro atoms. The SMILES string of the molecule is O=C(Nc1cccnc1)c1ccccc1Cn1nc(C(F)(F)F)c2c1CCCC2. The van der Waals surface area contributed by atoms with Crippen molar-refractivity contribution >= 4 is 11.6 Å². The fourth-order valence-electron chi connectivity index (χ4n) is 3.71. The molecule has 1 amide bonds. The van der Waals surface area contributed by atoms with E-state index in [4.69, 9.17) is 0 Å². The van der Waals surface area contributed by atoms with Gasteiger partial charge in [-0.25, -0.2) is 0 Å². The van der Waals surface area contributed by atoms with Crippen molar-refractivity contribution in [3.63, 3.8) is 0 Å². The molecular weight excluding hydrogens is 381 g/mol. The van der Waals surface area contributed by atoms with E-state index in [1.165, 1.54) is 10.9 Å². The quantitative estimate of drug-likeness (QED) is 0.703. The summed E-state index contributed by atoms with van der Waals surface area (Å²) in [6.45, 7) is 0.106. The molecule has 0 bridgehead atoms. The van der Waals surface area contributed by atoms with Crippen LogP contribution in [0.3, 0.4) is 0 Å². The minimum atomic E-state index is -4.48.